The summed E-state index contributed by atoms with van der Waals surface area (Å²) in [7, 11) is -2.63. The zero-order chi connectivity index (χ0) is 9.03. The van der Waals surface area contributed by atoms with E-state index < -0.39 is 9.73 Å². The molecule has 1 unspecified atom stereocenters. The van der Waals surface area contributed by atoms with E-state index in [1.165, 1.54) is 6.08 Å². The van der Waals surface area contributed by atoms with Crippen LogP contribution in [0.4, 0.5) is 0 Å². The van der Waals surface area contributed by atoms with Crippen molar-refractivity contribution in [1.82, 2.24) is 0 Å². The zero-order valence-electron chi connectivity index (χ0n) is 6.69. The van der Waals surface area contributed by atoms with Crippen molar-refractivity contribution in [1.29, 1.82) is 4.78 Å². The summed E-state index contributed by atoms with van der Waals surface area (Å²) in [6.07, 6.45) is 1.52. The smallest absolute Gasteiger partial charge is 0.0761 e. The van der Waals surface area contributed by atoms with Gasteiger partial charge in [0.2, 0.25) is 0 Å². The molecule has 0 saturated carbocycles. The number of hydrogen-bond donors (Lipinski definition) is 1. The third-order valence-electron chi connectivity index (χ3n) is 1.48. The van der Waals surface area contributed by atoms with Crippen molar-refractivity contribution in [3.8, 4) is 0 Å². The molecule has 1 atom stereocenters. The third-order valence-corrected chi connectivity index (χ3v) is 3.22. The molecule has 0 aliphatic rings. The molecule has 0 aliphatic carbocycles. The van der Waals surface area contributed by atoms with Gasteiger partial charge in [-0.3, -0.25) is 0 Å². The topological polar surface area (TPSA) is 40.9 Å². The molecule has 0 heterocycles. The number of hydrogen-bond acceptors (Lipinski definition) is 2. The first-order chi connectivity index (χ1) is 5.67. The standard InChI is InChI=1S/C9H11NOS/c1-2-8-12(10,11)9-6-4-3-5-7-9/h2-7,10H,1,8H2. The minimum Gasteiger partial charge on any atom is -0.249 e. The Hall–Kier alpha value is -1.09. The molecule has 64 valence electrons. The Morgan fingerprint density at radius 1 is 1.42 bits per heavy atom. The van der Waals surface area contributed by atoms with E-state index in [2.05, 4.69) is 6.58 Å². The Balaban J connectivity index is 3.07. The van der Waals surface area contributed by atoms with Gasteiger partial charge in [0.25, 0.3) is 0 Å². The molecule has 0 aromatic heterocycles. The normalized spacial score (nSPS) is 15.0. The van der Waals surface area contributed by atoms with Crippen molar-refractivity contribution in [2.75, 3.05) is 5.75 Å². The van der Waals surface area contributed by atoms with Crippen LogP contribution in [0.1, 0.15) is 0 Å². The summed E-state index contributed by atoms with van der Waals surface area (Å²) in [5.74, 6) is 0.219. The van der Waals surface area contributed by atoms with Crippen LogP contribution in [-0.4, -0.2) is 9.96 Å². The summed E-state index contributed by atoms with van der Waals surface area (Å²) in [6.45, 7) is 3.47. The molecule has 12 heavy (non-hydrogen) atoms. The molecule has 1 aromatic rings. The predicted octanol–water partition coefficient (Wildman–Crippen LogP) is 2.28. The van der Waals surface area contributed by atoms with Crippen LogP contribution < -0.4 is 0 Å². The van der Waals surface area contributed by atoms with Gasteiger partial charge in [0.15, 0.2) is 0 Å². The Labute approximate surface area is 72.9 Å². The predicted molar refractivity (Wildman–Crippen MR) is 50.6 cm³/mol. The van der Waals surface area contributed by atoms with Crippen LogP contribution in [0.5, 0.6) is 0 Å². The van der Waals surface area contributed by atoms with Crippen LogP contribution in [0, 0.1) is 4.78 Å². The van der Waals surface area contributed by atoms with Gasteiger partial charge in [-0.05, 0) is 12.1 Å². The fourth-order valence-corrected chi connectivity index (χ4v) is 2.02. The molecule has 2 nitrogen and oxygen atoms in total. The monoisotopic (exact) mass is 181 g/mol. The number of rotatable bonds is 3. The van der Waals surface area contributed by atoms with Crippen molar-refractivity contribution in [2.45, 2.75) is 4.90 Å². The summed E-state index contributed by atoms with van der Waals surface area (Å²) in [5.41, 5.74) is 0. The molecule has 0 fully saturated rings. The fourth-order valence-electron chi connectivity index (χ4n) is 0.903. The van der Waals surface area contributed by atoms with Gasteiger partial charge in [0.1, 0.15) is 0 Å². The van der Waals surface area contributed by atoms with E-state index in [9.17, 15) is 4.21 Å². The van der Waals surface area contributed by atoms with E-state index in [-0.39, 0.29) is 5.75 Å². The average molecular weight is 181 g/mol. The lowest BCUT2D eigenvalue weighted by atomic mass is 10.4. The van der Waals surface area contributed by atoms with Crippen LogP contribution in [0.25, 0.3) is 0 Å². The molecule has 0 amide bonds. The Kier molecular flexibility index (Phi) is 2.65. The highest BCUT2D eigenvalue weighted by Crippen LogP contribution is 2.10. The zero-order valence-corrected chi connectivity index (χ0v) is 7.51. The SMILES string of the molecule is C=CCS(=N)(=O)c1ccccc1. The number of nitrogens with one attached hydrogen (secondary N) is 1. The van der Waals surface area contributed by atoms with Gasteiger partial charge < -0.3 is 0 Å². The lowest BCUT2D eigenvalue weighted by Crippen LogP contribution is -2.01. The highest BCUT2D eigenvalue weighted by atomic mass is 32.2. The first-order valence-electron chi connectivity index (χ1n) is 3.59. The van der Waals surface area contributed by atoms with E-state index in [1.54, 1.807) is 24.3 Å². The molecule has 0 aliphatic heterocycles. The Bertz CT molecular complexity index is 353. The molecular formula is C9H11NOS. The lowest BCUT2D eigenvalue weighted by molar-refractivity contribution is 0.677. The van der Waals surface area contributed by atoms with Crippen molar-refractivity contribution in [2.24, 2.45) is 0 Å². The minimum absolute atomic E-state index is 0.219. The highest BCUT2D eigenvalue weighted by Gasteiger charge is 2.05. The van der Waals surface area contributed by atoms with Gasteiger partial charge >= 0.3 is 0 Å². The second kappa shape index (κ2) is 3.54. The summed E-state index contributed by atoms with van der Waals surface area (Å²) < 4.78 is 19.1. The number of benzene rings is 1. The van der Waals surface area contributed by atoms with Gasteiger partial charge in [-0.2, -0.15) is 0 Å². The summed E-state index contributed by atoms with van der Waals surface area (Å²) in [6, 6.07) is 8.82. The first kappa shape index (κ1) is 9.00. The van der Waals surface area contributed by atoms with Gasteiger partial charge in [-0.15, -0.1) is 6.58 Å². The maximum atomic E-state index is 11.6. The Morgan fingerprint density at radius 2 is 2.00 bits per heavy atom. The molecule has 0 spiro atoms. The highest BCUT2D eigenvalue weighted by molar-refractivity contribution is 7.92. The van der Waals surface area contributed by atoms with Gasteiger partial charge in [-0.25, -0.2) is 8.99 Å². The third kappa shape index (κ3) is 1.95. The van der Waals surface area contributed by atoms with Crippen molar-refractivity contribution < 1.29 is 4.21 Å². The van der Waals surface area contributed by atoms with Crippen LogP contribution in [0.3, 0.4) is 0 Å². The first-order valence-corrected chi connectivity index (χ1v) is 5.32. The van der Waals surface area contributed by atoms with E-state index in [0.717, 1.165) is 0 Å². The van der Waals surface area contributed by atoms with Gasteiger partial charge in [0.05, 0.1) is 15.5 Å². The maximum Gasteiger partial charge on any atom is 0.0761 e. The molecule has 0 radical (unpaired) electrons. The van der Waals surface area contributed by atoms with Crippen molar-refractivity contribution in [3.63, 3.8) is 0 Å². The van der Waals surface area contributed by atoms with Crippen LogP contribution in [0.15, 0.2) is 47.9 Å². The largest absolute Gasteiger partial charge is 0.249 e. The molecule has 0 bridgehead atoms. The van der Waals surface area contributed by atoms with Crippen molar-refractivity contribution >= 4 is 9.73 Å². The molecule has 1 N–H and O–H groups in total. The molecule has 1 aromatic carbocycles. The van der Waals surface area contributed by atoms with Crippen LogP contribution in [0.2, 0.25) is 0 Å². The summed E-state index contributed by atoms with van der Waals surface area (Å²) >= 11 is 0. The van der Waals surface area contributed by atoms with Gasteiger partial charge in [0, 0.05) is 4.90 Å². The van der Waals surface area contributed by atoms with Crippen molar-refractivity contribution in [3.05, 3.63) is 43.0 Å². The molecular weight excluding hydrogens is 170 g/mol. The average Bonchev–Trinajstić information content (AvgIpc) is 2.06. The summed E-state index contributed by atoms with van der Waals surface area (Å²) in [5, 5.41) is 0. The Morgan fingerprint density at radius 3 is 2.50 bits per heavy atom. The van der Waals surface area contributed by atoms with E-state index in [4.69, 9.17) is 4.78 Å². The molecule has 3 heteroatoms. The van der Waals surface area contributed by atoms with Gasteiger partial charge in [-0.1, -0.05) is 24.3 Å². The lowest BCUT2D eigenvalue weighted by Gasteiger charge is -2.02. The van der Waals surface area contributed by atoms with Crippen LogP contribution >= 0.6 is 0 Å². The second-order valence-electron chi connectivity index (χ2n) is 2.44. The molecule has 0 saturated heterocycles. The quantitative estimate of drug-likeness (QED) is 0.714. The maximum absolute atomic E-state index is 11.6. The van der Waals surface area contributed by atoms with E-state index in [0.29, 0.717) is 4.90 Å². The van der Waals surface area contributed by atoms with E-state index in [1.807, 2.05) is 6.07 Å². The van der Waals surface area contributed by atoms with Crippen LogP contribution in [-0.2, 0) is 9.73 Å². The van der Waals surface area contributed by atoms with E-state index >= 15 is 0 Å². The minimum atomic E-state index is -2.63. The second-order valence-corrected chi connectivity index (χ2v) is 4.60. The fraction of sp³-hybridized carbons (Fsp3) is 0.111. The summed E-state index contributed by atoms with van der Waals surface area (Å²) in [4.78, 5) is 0.574. The molecule has 1 rings (SSSR count).